The van der Waals surface area contributed by atoms with Crippen LogP contribution in [0.1, 0.15) is 70.4 Å². The van der Waals surface area contributed by atoms with E-state index in [9.17, 15) is 4.79 Å². The maximum Gasteiger partial charge on any atom is 0.223 e. The number of fused-ring (bicyclic) bond motifs is 3. The number of ether oxygens (including phenoxy) is 1. The second-order valence-corrected chi connectivity index (χ2v) is 9.52. The van der Waals surface area contributed by atoms with Crippen LogP contribution in [0.25, 0.3) is 6.08 Å². The first kappa shape index (κ1) is 22.4. The van der Waals surface area contributed by atoms with Gasteiger partial charge in [-0.25, -0.2) is 0 Å². The van der Waals surface area contributed by atoms with Crippen LogP contribution >= 0.6 is 0 Å². The van der Waals surface area contributed by atoms with Crippen LogP contribution in [0.4, 0.5) is 5.69 Å². The van der Waals surface area contributed by atoms with E-state index in [0.29, 0.717) is 6.42 Å². The van der Waals surface area contributed by atoms with E-state index >= 15 is 0 Å². The highest BCUT2D eigenvalue weighted by atomic mass is 16.5. The number of benzene rings is 2. The van der Waals surface area contributed by atoms with Crippen molar-refractivity contribution in [3.63, 3.8) is 0 Å². The van der Waals surface area contributed by atoms with E-state index in [0.717, 1.165) is 30.9 Å². The van der Waals surface area contributed by atoms with E-state index in [-0.39, 0.29) is 11.3 Å². The summed E-state index contributed by atoms with van der Waals surface area (Å²) in [5.74, 6) is 1.02. The molecule has 4 heteroatoms. The largest absolute Gasteiger partial charge is 0.494 e. The lowest BCUT2D eigenvalue weighted by molar-refractivity contribution is -0.124. The van der Waals surface area contributed by atoms with E-state index in [4.69, 9.17) is 4.74 Å². The lowest BCUT2D eigenvalue weighted by atomic mass is 9.74. The summed E-state index contributed by atoms with van der Waals surface area (Å²) in [6.07, 6.45) is 11.0. The molecule has 0 aromatic heterocycles. The minimum Gasteiger partial charge on any atom is -0.494 e. The van der Waals surface area contributed by atoms with Crippen molar-refractivity contribution in [3.05, 3.63) is 65.7 Å². The fourth-order valence-electron chi connectivity index (χ4n) is 5.11. The van der Waals surface area contributed by atoms with Crippen LogP contribution in [-0.4, -0.2) is 24.7 Å². The molecule has 4 rings (SSSR count). The Balaban J connectivity index is 1.48. The van der Waals surface area contributed by atoms with Gasteiger partial charge >= 0.3 is 0 Å². The number of hydrogen-bond donors (Lipinski definition) is 1. The number of para-hydroxylation sites is 1. The monoisotopic (exact) mass is 432 g/mol. The Morgan fingerprint density at radius 1 is 1.03 bits per heavy atom. The third-order valence-electron chi connectivity index (χ3n) is 7.05. The Labute approximate surface area is 192 Å². The SMILES string of the molecule is CCCCCCCOc1ccc(/C=C/[C@@]23NC(=O)CCN2c2ccccc2C3(C)C)cc1. The molecule has 0 radical (unpaired) electrons. The molecule has 1 atom stereocenters. The fraction of sp³-hybridized carbons (Fsp3) is 0.464. The van der Waals surface area contributed by atoms with Gasteiger partial charge in [-0.1, -0.05) is 82.9 Å². The summed E-state index contributed by atoms with van der Waals surface area (Å²) in [6, 6.07) is 16.8. The molecule has 2 heterocycles. The van der Waals surface area contributed by atoms with Gasteiger partial charge in [0.2, 0.25) is 5.91 Å². The van der Waals surface area contributed by atoms with Crippen LogP contribution < -0.4 is 15.0 Å². The molecule has 0 aliphatic carbocycles. The number of anilines is 1. The zero-order chi connectivity index (χ0) is 22.6. The van der Waals surface area contributed by atoms with Crippen molar-refractivity contribution in [2.45, 2.75) is 70.4 Å². The van der Waals surface area contributed by atoms with Gasteiger partial charge in [-0.15, -0.1) is 0 Å². The normalized spacial score (nSPS) is 21.3. The summed E-state index contributed by atoms with van der Waals surface area (Å²) in [4.78, 5) is 14.9. The molecule has 2 aromatic rings. The third kappa shape index (κ3) is 4.15. The third-order valence-corrected chi connectivity index (χ3v) is 7.05. The molecule has 1 fully saturated rings. The van der Waals surface area contributed by atoms with E-state index in [2.05, 4.69) is 79.5 Å². The van der Waals surface area contributed by atoms with Gasteiger partial charge in [-0.3, -0.25) is 4.79 Å². The van der Waals surface area contributed by atoms with Crippen LogP contribution in [-0.2, 0) is 10.2 Å². The predicted molar refractivity (Wildman–Crippen MR) is 132 cm³/mol. The maximum atomic E-state index is 12.5. The first-order valence-corrected chi connectivity index (χ1v) is 12.1. The Morgan fingerprint density at radius 3 is 2.56 bits per heavy atom. The van der Waals surface area contributed by atoms with Gasteiger partial charge in [0.25, 0.3) is 0 Å². The highest BCUT2D eigenvalue weighted by molar-refractivity contribution is 5.84. The summed E-state index contributed by atoms with van der Waals surface area (Å²) >= 11 is 0. The lowest BCUT2D eigenvalue weighted by Crippen LogP contribution is -2.68. The molecular formula is C28H36N2O2. The number of unbranched alkanes of at least 4 members (excludes halogenated alkanes) is 4. The molecule has 1 amide bonds. The molecule has 32 heavy (non-hydrogen) atoms. The molecule has 1 saturated heterocycles. The average molecular weight is 433 g/mol. The zero-order valence-electron chi connectivity index (χ0n) is 19.7. The number of hydrogen-bond acceptors (Lipinski definition) is 3. The Bertz CT molecular complexity index is 964. The van der Waals surface area contributed by atoms with Gasteiger partial charge in [0.15, 0.2) is 0 Å². The molecule has 170 valence electrons. The van der Waals surface area contributed by atoms with Crippen LogP contribution in [0, 0.1) is 0 Å². The minimum atomic E-state index is -0.570. The minimum absolute atomic E-state index is 0.106. The molecule has 4 nitrogen and oxygen atoms in total. The predicted octanol–water partition coefficient (Wildman–Crippen LogP) is 6.06. The summed E-state index contributed by atoms with van der Waals surface area (Å²) < 4.78 is 5.90. The highest BCUT2D eigenvalue weighted by Crippen LogP contribution is 2.52. The van der Waals surface area contributed by atoms with Gasteiger partial charge in [0, 0.05) is 24.1 Å². The molecular weight excluding hydrogens is 396 g/mol. The van der Waals surface area contributed by atoms with Gasteiger partial charge in [0.1, 0.15) is 11.4 Å². The van der Waals surface area contributed by atoms with Gasteiger partial charge < -0.3 is 15.0 Å². The van der Waals surface area contributed by atoms with Crippen LogP contribution in [0.2, 0.25) is 0 Å². The van der Waals surface area contributed by atoms with Crippen molar-refractivity contribution < 1.29 is 9.53 Å². The number of carbonyl (C=O) groups is 1. The standard InChI is InChI=1S/C28H36N2O2/c1-4-5-6-7-10-21-32-23-15-13-22(14-16-23)17-19-28-27(2,3)24-11-8-9-12-25(24)30(28)20-18-26(31)29-28/h8-9,11-17,19H,4-7,10,18,20-21H2,1-3H3,(H,29,31)/b19-17+/t28-/m1/s1. The molecule has 2 aliphatic heterocycles. The summed E-state index contributed by atoms with van der Waals surface area (Å²) in [7, 11) is 0. The van der Waals surface area contributed by atoms with E-state index in [1.54, 1.807) is 0 Å². The van der Waals surface area contributed by atoms with Crippen molar-refractivity contribution in [2.75, 3.05) is 18.1 Å². The van der Waals surface area contributed by atoms with Crippen LogP contribution in [0.5, 0.6) is 5.75 Å². The van der Waals surface area contributed by atoms with E-state index in [1.807, 2.05) is 12.1 Å². The number of rotatable bonds is 9. The smallest absolute Gasteiger partial charge is 0.223 e. The molecule has 2 aromatic carbocycles. The average Bonchev–Trinajstić information content (AvgIpc) is 2.99. The zero-order valence-corrected chi connectivity index (χ0v) is 19.7. The van der Waals surface area contributed by atoms with Gasteiger partial charge in [-0.05, 0) is 41.8 Å². The quantitative estimate of drug-likeness (QED) is 0.490. The topological polar surface area (TPSA) is 41.6 Å². The van der Waals surface area contributed by atoms with Crippen molar-refractivity contribution >= 4 is 17.7 Å². The number of nitrogens with one attached hydrogen (secondary N) is 1. The molecule has 2 aliphatic rings. The van der Waals surface area contributed by atoms with Crippen molar-refractivity contribution in [1.29, 1.82) is 0 Å². The van der Waals surface area contributed by atoms with Crippen molar-refractivity contribution in [2.24, 2.45) is 0 Å². The number of amides is 1. The van der Waals surface area contributed by atoms with Crippen LogP contribution in [0.3, 0.4) is 0 Å². The first-order valence-electron chi connectivity index (χ1n) is 12.1. The second-order valence-electron chi connectivity index (χ2n) is 9.52. The summed E-state index contributed by atoms with van der Waals surface area (Å²) in [5, 5.41) is 3.33. The Hall–Kier alpha value is -2.75. The van der Waals surface area contributed by atoms with Crippen molar-refractivity contribution in [3.8, 4) is 5.75 Å². The molecule has 0 bridgehead atoms. The number of nitrogens with zero attached hydrogens (tertiary/aromatic N) is 1. The first-order chi connectivity index (χ1) is 15.5. The van der Waals surface area contributed by atoms with E-state index in [1.165, 1.54) is 36.9 Å². The molecule has 0 saturated carbocycles. The molecule has 1 N–H and O–H groups in total. The Morgan fingerprint density at radius 2 is 1.78 bits per heavy atom. The fourth-order valence-corrected chi connectivity index (χ4v) is 5.11. The summed E-state index contributed by atoms with van der Waals surface area (Å²) in [5.41, 5.74) is 2.76. The maximum absolute atomic E-state index is 12.5. The van der Waals surface area contributed by atoms with E-state index < -0.39 is 5.66 Å². The summed E-state index contributed by atoms with van der Waals surface area (Å²) in [6.45, 7) is 8.17. The highest BCUT2D eigenvalue weighted by Gasteiger charge is 2.57. The lowest BCUT2D eigenvalue weighted by Gasteiger charge is -2.49. The van der Waals surface area contributed by atoms with Gasteiger partial charge in [-0.2, -0.15) is 0 Å². The second kappa shape index (κ2) is 9.40. The van der Waals surface area contributed by atoms with Crippen molar-refractivity contribution in [1.82, 2.24) is 5.32 Å². The molecule has 0 unspecified atom stereocenters. The molecule has 0 spiro atoms. The Kier molecular flexibility index (Phi) is 6.59. The number of carbonyl (C=O) groups excluding carboxylic acids is 1. The van der Waals surface area contributed by atoms with Gasteiger partial charge in [0.05, 0.1) is 6.61 Å². The van der Waals surface area contributed by atoms with Crippen LogP contribution in [0.15, 0.2) is 54.6 Å².